The highest BCUT2D eigenvalue weighted by Crippen LogP contribution is 2.16. The Morgan fingerprint density at radius 3 is 2.69 bits per heavy atom. The molecule has 1 rings (SSSR count). The molecular formula is C11H15NO. The molecule has 0 amide bonds. The second-order valence-electron chi connectivity index (χ2n) is 3.16. The van der Waals surface area contributed by atoms with E-state index in [1.54, 1.807) is 12.1 Å². The first kappa shape index (κ1) is 9.78. The van der Waals surface area contributed by atoms with Crippen molar-refractivity contribution in [2.75, 3.05) is 0 Å². The van der Waals surface area contributed by atoms with Crippen LogP contribution in [0.5, 0.6) is 5.75 Å². The van der Waals surface area contributed by atoms with E-state index < -0.39 is 0 Å². The van der Waals surface area contributed by atoms with Gasteiger partial charge >= 0.3 is 0 Å². The Kier molecular flexibility index (Phi) is 3.50. The largest absolute Gasteiger partial charge is 0.508 e. The highest BCUT2D eigenvalue weighted by Gasteiger charge is 2.02. The summed E-state index contributed by atoms with van der Waals surface area (Å²) in [6.07, 6.45) is 2.38. The van der Waals surface area contributed by atoms with Gasteiger partial charge in [-0.15, -0.1) is 0 Å². The molecule has 0 spiro atoms. The van der Waals surface area contributed by atoms with E-state index in [0.717, 1.165) is 18.4 Å². The average molecular weight is 177 g/mol. The van der Waals surface area contributed by atoms with Crippen LogP contribution in [0.4, 0.5) is 0 Å². The summed E-state index contributed by atoms with van der Waals surface area (Å²) in [5.41, 5.74) is 1.53. The van der Waals surface area contributed by atoms with Crippen LogP contribution in [0.3, 0.4) is 0 Å². The van der Waals surface area contributed by atoms with Crippen LogP contribution in [-0.4, -0.2) is 10.8 Å². The molecule has 2 N–H and O–H groups in total. The van der Waals surface area contributed by atoms with Gasteiger partial charge in [-0.2, -0.15) is 0 Å². The van der Waals surface area contributed by atoms with Gasteiger partial charge in [-0.25, -0.2) is 0 Å². The first-order valence-electron chi connectivity index (χ1n) is 4.57. The Morgan fingerprint density at radius 2 is 2.08 bits per heavy atom. The van der Waals surface area contributed by atoms with Gasteiger partial charge in [0.15, 0.2) is 0 Å². The second kappa shape index (κ2) is 4.65. The first-order valence-corrected chi connectivity index (χ1v) is 4.57. The fourth-order valence-electron chi connectivity index (χ4n) is 1.28. The quantitative estimate of drug-likeness (QED) is 0.682. The molecule has 0 heterocycles. The number of nitrogens with one attached hydrogen (secondary N) is 1. The molecule has 1 aromatic rings. The van der Waals surface area contributed by atoms with Gasteiger partial charge in [0.05, 0.1) is 0 Å². The molecule has 0 saturated heterocycles. The second-order valence-corrected chi connectivity index (χ2v) is 3.16. The maximum Gasteiger partial charge on any atom is 0.119 e. The van der Waals surface area contributed by atoms with Crippen LogP contribution in [0.25, 0.3) is 0 Å². The van der Waals surface area contributed by atoms with Crippen molar-refractivity contribution < 1.29 is 5.11 Å². The first-order chi connectivity index (χ1) is 6.24. The van der Waals surface area contributed by atoms with Gasteiger partial charge in [0.2, 0.25) is 0 Å². The molecule has 0 saturated carbocycles. The Balaban J connectivity index is 2.63. The summed E-state index contributed by atoms with van der Waals surface area (Å²) in [5.74, 6) is 0.295. The highest BCUT2D eigenvalue weighted by atomic mass is 16.3. The summed E-state index contributed by atoms with van der Waals surface area (Å²) < 4.78 is 0. The lowest BCUT2D eigenvalue weighted by Gasteiger charge is -2.04. The number of benzene rings is 1. The number of hydrogen-bond acceptors (Lipinski definition) is 2. The lowest BCUT2D eigenvalue weighted by molar-refractivity contribution is 0.470. The van der Waals surface area contributed by atoms with Crippen LogP contribution in [0.15, 0.2) is 24.3 Å². The zero-order chi connectivity index (χ0) is 9.68. The Labute approximate surface area is 78.7 Å². The van der Waals surface area contributed by atoms with Gasteiger partial charge in [-0.3, -0.25) is 0 Å². The molecule has 0 aliphatic heterocycles. The minimum atomic E-state index is 0.295. The van der Waals surface area contributed by atoms with E-state index >= 15 is 0 Å². The maximum absolute atomic E-state index is 9.43. The molecular weight excluding hydrogens is 162 g/mol. The van der Waals surface area contributed by atoms with Crippen molar-refractivity contribution in [2.24, 2.45) is 0 Å². The third-order valence-corrected chi connectivity index (χ3v) is 1.95. The summed E-state index contributed by atoms with van der Waals surface area (Å²) in [4.78, 5) is 0. The predicted molar refractivity (Wildman–Crippen MR) is 54.4 cm³/mol. The van der Waals surface area contributed by atoms with E-state index in [0.29, 0.717) is 17.9 Å². The van der Waals surface area contributed by atoms with E-state index in [4.69, 9.17) is 5.41 Å². The Hall–Kier alpha value is -1.31. The van der Waals surface area contributed by atoms with Gasteiger partial charge in [-0.1, -0.05) is 31.5 Å². The fourth-order valence-corrected chi connectivity index (χ4v) is 1.28. The standard InChI is InChI=1S/C11H15NO/c1-2-5-10(12)8-9-6-3-4-7-11(9)13/h3-4,6-7,12-13H,2,5,8H2,1H3. The highest BCUT2D eigenvalue weighted by molar-refractivity contribution is 5.84. The monoisotopic (exact) mass is 177 g/mol. The average Bonchev–Trinajstić information content (AvgIpc) is 2.09. The molecule has 2 heteroatoms. The van der Waals surface area contributed by atoms with E-state index in [1.165, 1.54) is 0 Å². The smallest absolute Gasteiger partial charge is 0.119 e. The minimum Gasteiger partial charge on any atom is -0.508 e. The molecule has 0 aliphatic carbocycles. The molecule has 0 atom stereocenters. The third kappa shape index (κ3) is 2.90. The molecule has 13 heavy (non-hydrogen) atoms. The Bertz CT molecular complexity index is 294. The van der Waals surface area contributed by atoms with E-state index in [1.807, 2.05) is 12.1 Å². The SMILES string of the molecule is CCCC(=N)Cc1ccccc1O. The zero-order valence-electron chi connectivity index (χ0n) is 7.88. The number of phenols is 1. The summed E-state index contributed by atoms with van der Waals surface area (Å²) in [7, 11) is 0. The molecule has 2 nitrogen and oxygen atoms in total. The molecule has 0 bridgehead atoms. The van der Waals surface area contributed by atoms with E-state index in [-0.39, 0.29) is 0 Å². The minimum absolute atomic E-state index is 0.295. The fraction of sp³-hybridized carbons (Fsp3) is 0.364. The molecule has 0 aromatic heterocycles. The molecule has 0 radical (unpaired) electrons. The van der Waals surface area contributed by atoms with Crippen LogP contribution < -0.4 is 0 Å². The normalized spacial score (nSPS) is 9.92. The zero-order valence-corrected chi connectivity index (χ0v) is 7.88. The van der Waals surface area contributed by atoms with Crippen LogP contribution in [0, 0.1) is 5.41 Å². The van der Waals surface area contributed by atoms with E-state index in [2.05, 4.69) is 6.92 Å². The number of hydrogen-bond donors (Lipinski definition) is 2. The summed E-state index contributed by atoms with van der Waals surface area (Å²) in [6, 6.07) is 7.20. The molecule has 0 unspecified atom stereocenters. The van der Waals surface area contributed by atoms with Crippen molar-refractivity contribution in [2.45, 2.75) is 26.2 Å². The van der Waals surface area contributed by atoms with Crippen molar-refractivity contribution in [3.8, 4) is 5.75 Å². The topological polar surface area (TPSA) is 44.1 Å². The summed E-state index contributed by atoms with van der Waals surface area (Å²) >= 11 is 0. The van der Waals surface area contributed by atoms with Crippen molar-refractivity contribution in [1.29, 1.82) is 5.41 Å². The van der Waals surface area contributed by atoms with Gasteiger partial charge in [0, 0.05) is 12.1 Å². The van der Waals surface area contributed by atoms with Crippen LogP contribution in [-0.2, 0) is 6.42 Å². The molecule has 0 aliphatic rings. The molecule has 0 fully saturated rings. The Morgan fingerprint density at radius 1 is 1.38 bits per heavy atom. The number of phenolic OH excluding ortho intramolecular Hbond substituents is 1. The lowest BCUT2D eigenvalue weighted by atomic mass is 10.0. The number of rotatable bonds is 4. The van der Waals surface area contributed by atoms with Crippen molar-refractivity contribution >= 4 is 5.71 Å². The van der Waals surface area contributed by atoms with Crippen LogP contribution in [0.1, 0.15) is 25.3 Å². The van der Waals surface area contributed by atoms with Gasteiger partial charge in [0.1, 0.15) is 5.75 Å². The van der Waals surface area contributed by atoms with Crippen molar-refractivity contribution in [3.05, 3.63) is 29.8 Å². The van der Waals surface area contributed by atoms with Gasteiger partial charge < -0.3 is 10.5 Å². The third-order valence-electron chi connectivity index (χ3n) is 1.95. The van der Waals surface area contributed by atoms with Crippen molar-refractivity contribution in [1.82, 2.24) is 0 Å². The molecule has 70 valence electrons. The van der Waals surface area contributed by atoms with Crippen LogP contribution in [0.2, 0.25) is 0 Å². The summed E-state index contributed by atoms with van der Waals surface area (Å²) in [6.45, 7) is 2.05. The van der Waals surface area contributed by atoms with Gasteiger partial charge in [-0.05, 0) is 18.1 Å². The predicted octanol–water partition coefficient (Wildman–Crippen LogP) is 2.75. The molecule has 1 aromatic carbocycles. The van der Waals surface area contributed by atoms with Crippen LogP contribution >= 0.6 is 0 Å². The number of aromatic hydroxyl groups is 1. The van der Waals surface area contributed by atoms with Crippen molar-refractivity contribution in [3.63, 3.8) is 0 Å². The maximum atomic E-state index is 9.43. The number of para-hydroxylation sites is 1. The van der Waals surface area contributed by atoms with E-state index in [9.17, 15) is 5.11 Å². The summed E-state index contributed by atoms with van der Waals surface area (Å²) in [5, 5.41) is 17.0. The van der Waals surface area contributed by atoms with Gasteiger partial charge in [0.25, 0.3) is 0 Å². The lowest BCUT2D eigenvalue weighted by Crippen LogP contribution is -2.00.